The van der Waals surface area contributed by atoms with Crippen LogP contribution in [-0.4, -0.2) is 56.6 Å². The monoisotopic (exact) mass is 309 g/mol. The molecule has 2 rings (SSSR count). The molecule has 0 aliphatic carbocycles. The Morgan fingerprint density at radius 1 is 1.18 bits per heavy atom. The number of piperidine rings is 1. The smallest absolute Gasteiger partial charge is 0.203 e. The van der Waals surface area contributed by atoms with E-state index < -0.39 is 6.10 Å². The fraction of sp³-hybridized carbons (Fsp3) is 0.647. The molecular formula is C17H27NO4. The molecular weight excluding hydrogens is 282 g/mol. The minimum Gasteiger partial charge on any atom is -0.493 e. The van der Waals surface area contributed by atoms with Crippen molar-refractivity contribution in [1.82, 2.24) is 4.90 Å². The molecule has 0 aromatic heterocycles. The molecule has 22 heavy (non-hydrogen) atoms. The summed E-state index contributed by atoms with van der Waals surface area (Å²) in [6.45, 7) is 5.25. The Kier molecular flexibility index (Phi) is 6.34. The molecule has 0 saturated carbocycles. The first-order valence-corrected chi connectivity index (χ1v) is 7.88. The van der Waals surface area contributed by atoms with Gasteiger partial charge in [0.05, 0.1) is 14.2 Å². The summed E-state index contributed by atoms with van der Waals surface area (Å²) >= 11 is 0. The topological polar surface area (TPSA) is 51.2 Å². The van der Waals surface area contributed by atoms with Crippen molar-refractivity contribution in [3.8, 4) is 17.2 Å². The third kappa shape index (κ3) is 4.52. The van der Waals surface area contributed by atoms with Crippen LogP contribution in [0.2, 0.25) is 0 Å². The van der Waals surface area contributed by atoms with Gasteiger partial charge in [-0.2, -0.15) is 0 Å². The molecule has 1 heterocycles. The Morgan fingerprint density at radius 3 is 2.32 bits per heavy atom. The summed E-state index contributed by atoms with van der Waals surface area (Å²) in [6, 6.07) is 5.47. The molecule has 0 spiro atoms. The largest absolute Gasteiger partial charge is 0.493 e. The van der Waals surface area contributed by atoms with Crippen LogP contribution < -0.4 is 14.2 Å². The molecule has 0 radical (unpaired) electrons. The van der Waals surface area contributed by atoms with Crippen molar-refractivity contribution in [2.45, 2.75) is 25.9 Å². The van der Waals surface area contributed by atoms with E-state index in [2.05, 4.69) is 11.8 Å². The zero-order valence-electron chi connectivity index (χ0n) is 13.7. The molecule has 5 nitrogen and oxygen atoms in total. The van der Waals surface area contributed by atoms with E-state index in [0.29, 0.717) is 23.8 Å². The lowest BCUT2D eigenvalue weighted by molar-refractivity contribution is 0.0546. The molecule has 1 saturated heterocycles. The zero-order valence-corrected chi connectivity index (χ0v) is 13.7. The summed E-state index contributed by atoms with van der Waals surface area (Å²) in [6.07, 6.45) is 1.88. The van der Waals surface area contributed by atoms with Crippen LogP contribution in [0.5, 0.6) is 17.2 Å². The number of rotatable bonds is 7. The summed E-state index contributed by atoms with van der Waals surface area (Å²) < 4.78 is 16.3. The fourth-order valence-electron chi connectivity index (χ4n) is 2.73. The molecule has 0 unspecified atom stereocenters. The maximum absolute atomic E-state index is 10.2. The van der Waals surface area contributed by atoms with E-state index in [1.807, 2.05) is 18.2 Å². The number of nitrogens with zero attached hydrogens (tertiary/aromatic N) is 1. The van der Waals surface area contributed by atoms with Crippen LogP contribution in [0.4, 0.5) is 0 Å². The highest BCUT2D eigenvalue weighted by Gasteiger charge is 2.19. The normalized spacial score (nSPS) is 18.0. The number of hydrogen-bond donors (Lipinski definition) is 1. The predicted molar refractivity (Wildman–Crippen MR) is 85.9 cm³/mol. The number of likely N-dealkylation sites (tertiary alicyclic amines) is 1. The van der Waals surface area contributed by atoms with E-state index in [9.17, 15) is 5.11 Å². The third-order valence-electron chi connectivity index (χ3n) is 4.15. The fourth-order valence-corrected chi connectivity index (χ4v) is 2.73. The van der Waals surface area contributed by atoms with E-state index >= 15 is 0 Å². The lowest BCUT2D eigenvalue weighted by atomic mass is 9.99. The van der Waals surface area contributed by atoms with Crippen molar-refractivity contribution < 1.29 is 19.3 Å². The molecule has 1 atom stereocenters. The van der Waals surface area contributed by atoms with Crippen LogP contribution in [-0.2, 0) is 0 Å². The summed E-state index contributed by atoms with van der Waals surface area (Å²) in [5, 5.41) is 10.2. The van der Waals surface area contributed by atoms with E-state index in [0.717, 1.165) is 19.0 Å². The Bertz CT molecular complexity index is 436. The van der Waals surface area contributed by atoms with Gasteiger partial charge >= 0.3 is 0 Å². The maximum atomic E-state index is 10.2. The standard InChI is InChI=1S/C17H27NO4/c1-13-7-9-18(10-8-13)11-14(19)12-22-17-15(20-2)5-4-6-16(17)21-3/h4-6,13-14,19H,7-12H2,1-3H3/t14-/m0/s1. The van der Waals surface area contributed by atoms with Crippen molar-refractivity contribution >= 4 is 0 Å². The minimum atomic E-state index is -0.525. The van der Waals surface area contributed by atoms with Crippen molar-refractivity contribution in [3.05, 3.63) is 18.2 Å². The van der Waals surface area contributed by atoms with E-state index in [1.165, 1.54) is 12.8 Å². The number of para-hydroxylation sites is 1. The van der Waals surface area contributed by atoms with Gasteiger partial charge in [0.15, 0.2) is 11.5 Å². The molecule has 0 amide bonds. The summed E-state index contributed by atoms with van der Waals surface area (Å²) in [5.74, 6) is 2.55. The zero-order chi connectivity index (χ0) is 15.9. The van der Waals surface area contributed by atoms with Gasteiger partial charge < -0.3 is 24.2 Å². The number of aliphatic hydroxyl groups excluding tert-OH is 1. The van der Waals surface area contributed by atoms with Gasteiger partial charge in [0.25, 0.3) is 0 Å². The van der Waals surface area contributed by atoms with Crippen LogP contribution in [0.25, 0.3) is 0 Å². The van der Waals surface area contributed by atoms with Gasteiger partial charge in [-0.25, -0.2) is 0 Å². The third-order valence-corrected chi connectivity index (χ3v) is 4.15. The molecule has 1 fully saturated rings. The summed E-state index contributed by atoms with van der Waals surface area (Å²) in [7, 11) is 3.18. The Hall–Kier alpha value is -1.46. The average Bonchev–Trinajstić information content (AvgIpc) is 2.54. The Morgan fingerprint density at radius 2 is 1.77 bits per heavy atom. The van der Waals surface area contributed by atoms with Gasteiger partial charge in [-0.05, 0) is 44.0 Å². The number of β-amino-alcohol motifs (C(OH)–C–C–N with tert-alkyl or cyclic N) is 1. The van der Waals surface area contributed by atoms with Crippen LogP contribution in [0.15, 0.2) is 18.2 Å². The van der Waals surface area contributed by atoms with Crippen molar-refractivity contribution in [3.63, 3.8) is 0 Å². The second-order valence-corrected chi connectivity index (χ2v) is 5.94. The van der Waals surface area contributed by atoms with E-state index in [4.69, 9.17) is 14.2 Å². The van der Waals surface area contributed by atoms with Crippen LogP contribution in [0, 0.1) is 5.92 Å². The number of hydrogen-bond acceptors (Lipinski definition) is 5. The second kappa shape index (κ2) is 8.25. The van der Waals surface area contributed by atoms with Gasteiger partial charge in [-0.15, -0.1) is 0 Å². The number of aliphatic hydroxyl groups is 1. The molecule has 124 valence electrons. The maximum Gasteiger partial charge on any atom is 0.203 e. The van der Waals surface area contributed by atoms with Crippen LogP contribution >= 0.6 is 0 Å². The lowest BCUT2D eigenvalue weighted by Gasteiger charge is -2.31. The molecule has 1 aliphatic heterocycles. The highest BCUT2D eigenvalue weighted by Crippen LogP contribution is 2.36. The van der Waals surface area contributed by atoms with E-state index in [-0.39, 0.29) is 6.61 Å². The van der Waals surface area contributed by atoms with Gasteiger partial charge in [0.1, 0.15) is 12.7 Å². The van der Waals surface area contributed by atoms with Crippen molar-refractivity contribution in [2.24, 2.45) is 5.92 Å². The van der Waals surface area contributed by atoms with Crippen LogP contribution in [0.3, 0.4) is 0 Å². The molecule has 0 bridgehead atoms. The first-order valence-electron chi connectivity index (χ1n) is 7.88. The first kappa shape index (κ1) is 16.9. The average molecular weight is 309 g/mol. The minimum absolute atomic E-state index is 0.225. The predicted octanol–water partition coefficient (Wildman–Crippen LogP) is 2.18. The van der Waals surface area contributed by atoms with E-state index in [1.54, 1.807) is 14.2 Å². The lowest BCUT2D eigenvalue weighted by Crippen LogP contribution is -2.40. The molecule has 5 heteroatoms. The Balaban J connectivity index is 1.87. The van der Waals surface area contributed by atoms with Gasteiger partial charge in [0.2, 0.25) is 5.75 Å². The summed E-state index contributed by atoms with van der Waals surface area (Å²) in [5.41, 5.74) is 0. The van der Waals surface area contributed by atoms with Crippen molar-refractivity contribution in [2.75, 3.05) is 40.5 Å². The SMILES string of the molecule is COc1cccc(OC)c1OC[C@@H](O)CN1CCC(C)CC1. The first-order chi connectivity index (χ1) is 10.6. The van der Waals surface area contributed by atoms with Gasteiger partial charge in [0, 0.05) is 6.54 Å². The number of benzene rings is 1. The highest BCUT2D eigenvalue weighted by molar-refractivity contribution is 5.51. The quantitative estimate of drug-likeness (QED) is 0.836. The summed E-state index contributed by atoms with van der Waals surface area (Å²) in [4.78, 5) is 2.30. The van der Waals surface area contributed by atoms with Gasteiger partial charge in [-0.1, -0.05) is 13.0 Å². The molecule has 1 aromatic carbocycles. The van der Waals surface area contributed by atoms with Crippen LogP contribution in [0.1, 0.15) is 19.8 Å². The number of methoxy groups -OCH3 is 2. The second-order valence-electron chi connectivity index (χ2n) is 5.94. The highest BCUT2D eigenvalue weighted by atomic mass is 16.5. The molecule has 1 aliphatic rings. The van der Waals surface area contributed by atoms with Gasteiger partial charge in [-0.3, -0.25) is 0 Å². The number of ether oxygens (including phenoxy) is 3. The molecule has 1 aromatic rings. The Labute approximate surface area is 132 Å². The van der Waals surface area contributed by atoms with Crippen molar-refractivity contribution in [1.29, 1.82) is 0 Å². The molecule has 1 N–H and O–H groups in total.